The van der Waals surface area contributed by atoms with Gasteiger partial charge in [-0.15, -0.1) is 18.7 Å². The molecule has 6 heteroatoms. The molecule has 0 bridgehead atoms. The van der Waals surface area contributed by atoms with E-state index < -0.39 is 0 Å². The molecule has 2 aromatic heterocycles. The number of fused-ring (bicyclic) bond motifs is 3. The van der Waals surface area contributed by atoms with E-state index in [0.29, 0.717) is 0 Å². The molecular formula is C49H62N6+2. The average Bonchev–Trinajstić information content (AvgIpc) is 3.79. The summed E-state index contributed by atoms with van der Waals surface area (Å²) in [6.07, 6.45) is 16.8. The van der Waals surface area contributed by atoms with Gasteiger partial charge in [0.15, 0.2) is 35.2 Å². The Morgan fingerprint density at radius 2 is 0.891 bits per heavy atom. The van der Waals surface area contributed by atoms with Gasteiger partial charge < -0.3 is 0 Å². The van der Waals surface area contributed by atoms with Crippen LogP contribution in [0.5, 0.6) is 0 Å². The fourth-order valence-electron chi connectivity index (χ4n) is 9.83. The third kappa shape index (κ3) is 7.21. The first-order valence-corrected chi connectivity index (χ1v) is 20.8. The Bertz CT molecular complexity index is 2140. The number of aryl methyl sites for hydroxylation is 8. The predicted octanol–water partition coefficient (Wildman–Crippen LogP) is 11.1. The van der Waals surface area contributed by atoms with Crippen LogP contribution >= 0.6 is 0 Å². The molecule has 2 heterocycles. The molecule has 286 valence electrons. The molecule has 0 saturated carbocycles. The van der Waals surface area contributed by atoms with E-state index in [1.54, 1.807) is 0 Å². The second-order valence-electron chi connectivity index (χ2n) is 16.7. The quantitative estimate of drug-likeness (QED) is 0.0826. The van der Waals surface area contributed by atoms with E-state index in [1.807, 2.05) is 0 Å². The van der Waals surface area contributed by atoms with Crippen molar-refractivity contribution in [2.24, 2.45) is 14.1 Å². The lowest BCUT2D eigenvalue weighted by molar-refractivity contribution is -0.662. The van der Waals surface area contributed by atoms with Gasteiger partial charge in [0.2, 0.25) is 0 Å². The molecule has 4 aromatic carbocycles. The van der Waals surface area contributed by atoms with Crippen molar-refractivity contribution in [3.63, 3.8) is 0 Å². The van der Waals surface area contributed by atoms with Crippen molar-refractivity contribution in [1.29, 1.82) is 0 Å². The number of rotatable bonds is 14. The van der Waals surface area contributed by atoms with Crippen LogP contribution in [0.4, 0.5) is 0 Å². The second kappa shape index (κ2) is 15.7. The Morgan fingerprint density at radius 1 is 0.509 bits per heavy atom. The summed E-state index contributed by atoms with van der Waals surface area (Å²) in [5.74, 6) is 0. The molecule has 0 radical (unpaired) electrons. The van der Waals surface area contributed by atoms with Crippen molar-refractivity contribution < 1.29 is 9.36 Å². The third-order valence-corrected chi connectivity index (χ3v) is 12.2. The van der Waals surface area contributed by atoms with E-state index >= 15 is 0 Å². The first kappa shape index (κ1) is 38.4. The predicted molar refractivity (Wildman–Crippen MR) is 226 cm³/mol. The van der Waals surface area contributed by atoms with Gasteiger partial charge in [0, 0.05) is 16.5 Å². The van der Waals surface area contributed by atoms with Crippen LogP contribution in [0.2, 0.25) is 0 Å². The SMILES string of the molecule is CCCCCCC1(CCCCCC)c2cc(-c3c[n+](-c4c(C)cc(C)cc4C)nn3C)ccc2-c2ccc(-c3c[n+](-c4c(C)cc(C)cc4C)nn3C)cc21. The molecule has 0 saturated heterocycles. The van der Waals surface area contributed by atoms with Crippen LogP contribution in [0, 0.1) is 41.5 Å². The molecule has 7 rings (SSSR count). The summed E-state index contributed by atoms with van der Waals surface area (Å²) in [7, 11) is 4.17. The Kier molecular flexibility index (Phi) is 11.0. The summed E-state index contributed by atoms with van der Waals surface area (Å²) in [6.45, 7) is 17.7. The summed E-state index contributed by atoms with van der Waals surface area (Å²) in [5.41, 5.74) is 20.3. The van der Waals surface area contributed by atoms with Crippen LogP contribution in [0.3, 0.4) is 0 Å². The standard InChI is InChI=1S/C49H62N6/c1-11-13-15-17-23-49(24-18-16-14-12-2)43-29-39(45-31-54(50-52(45)9)47-35(5)25-33(3)26-36(47)6)19-21-41(43)42-22-20-40(30-44(42)49)46-32-55(51-53(46)10)48-37(7)27-34(4)28-38(48)8/h19-22,25-32H,11-18,23-24H2,1-10H3/q+2. The lowest BCUT2D eigenvalue weighted by Crippen LogP contribution is -2.35. The van der Waals surface area contributed by atoms with Crippen LogP contribution in [0.25, 0.3) is 45.0 Å². The van der Waals surface area contributed by atoms with E-state index in [4.69, 9.17) is 10.4 Å². The highest BCUT2D eigenvalue weighted by molar-refractivity contribution is 5.85. The summed E-state index contributed by atoms with van der Waals surface area (Å²) < 4.78 is 8.27. The number of hydrogen-bond donors (Lipinski definition) is 0. The molecule has 0 amide bonds. The van der Waals surface area contributed by atoms with Gasteiger partial charge in [-0.25, -0.2) is 0 Å². The molecule has 1 aliphatic carbocycles. The van der Waals surface area contributed by atoms with Gasteiger partial charge in [0.25, 0.3) is 0 Å². The molecule has 6 aromatic rings. The monoisotopic (exact) mass is 735 g/mol. The third-order valence-electron chi connectivity index (χ3n) is 12.2. The highest BCUT2D eigenvalue weighted by Gasteiger charge is 2.43. The van der Waals surface area contributed by atoms with E-state index in [-0.39, 0.29) is 5.41 Å². The number of unbranched alkanes of at least 4 members (excludes halogenated alkanes) is 6. The van der Waals surface area contributed by atoms with Crippen LogP contribution in [-0.2, 0) is 19.5 Å². The van der Waals surface area contributed by atoms with Gasteiger partial charge in [-0.2, -0.15) is 0 Å². The average molecular weight is 735 g/mol. The van der Waals surface area contributed by atoms with Crippen molar-refractivity contribution in [2.75, 3.05) is 0 Å². The highest BCUT2D eigenvalue weighted by atomic mass is 15.5. The minimum absolute atomic E-state index is 0.0600. The van der Waals surface area contributed by atoms with Gasteiger partial charge in [-0.3, -0.25) is 0 Å². The Hall–Kier alpha value is -4.84. The van der Waals surface area contributed by atoms with Crippen LogP contribution in [0.1, 0.15) is 123 Å². The molecule has 0 unspecified atom stereocenters. The summed E-state index contributed by atoms with van der Waals surface area (Å²) in [5, 5.41) is 10.1. The first-order chi connectivity index (χ1) is 26.4. The van der Waals surface area contributed by atoms with Crippen LogP contribution in [-0.4, -0.2) is 19.8 Å². The van der Waals surface area contributed by atoms with Gasteiger partial charge in [-0.05, 0) is 123 Å². The summed E-state index contributed by atoms with van der Waals surface area (Å²) >= 11 is 0. The highest BCUT2D eigenvalue weighted by Crippen LogP contribution is 2.55. The normalized spacial score (nSPS) is 13.1. The maximum Gasteiger partial charge on any atom is 0.197 e. The lowest BCUT2D eigenvalue weighted by atomic mass is 9.70. The van der Waals surface area contributed by atoms with E-state index in [2.05, 4.69) is 161 Å². The van der Waals surface area contributed by atoms with Gasteiger partial charge in [0.1, 0.15) is 14.1 Å². The van der Waals surface area contributed by atoms with E-state index in [9.17, 15) is 0 Å². The van der Waals surface area contributed by atoms with Crippen molar-refractivity contribution in [3.8, 4) is 45.0 Å². The Morgan fingerprint density at radius 3 is 1.25 bits per heavy atom. The fraction of sp³-hybridized carbons (Fsp3) is 0.429. The lowest BCUT2D eigenvalue weighted by Gasteiger charge is -2.33. The molecule has 0 fully saturated rings. The summed E-state index contributed by atoms with van der Waals surface area (Å²) in [6, 6.07) is 23.6. The number of nitrogens with zero attached hydrogens (tertiary/aromatic N) is 6. The molecule has 55 heavy (non-hydrogen) atoms. The molecule has 6 nitrogen and oxygen atoms in total. The van der Waals surface area contributed by atoms with E-state index in [0.717, 1.165) is 24.2 Å². The van der Waals surface area contributed by atoms with Gasteiger partial charge in [-0.1, -0.05) is 113 Å². The van der Waals surface area contributed by atoms with Crippen molar-refractivity contribution in [1.82, 2.24) is 19.8 Å². The molecule has 1 aliphatic rings. The van der Waals surface area contributed by atoms with Crippen molar-refractivity contribution >= 4 is 0 Å². The minimum Gasteiger partial charge on any atom is -0.132 e. The Balaban J connectivity index is 1.36. The smallest absolute Gasteiger partial charge is 0.132 e. The molecule has 0 aliphatic heterocycles. The summed E-state index contributed by atoms with van der Waals surface area (Å²) in [4.78, 5) is 0. The zero-order valence-corrected chi connectivity index (χ0v) is 35.2. The number of benzene rings is 4. The fourth-order valence-corrected chi connectivity index (χ4v) is 9.83. The van der Waals surface area contributed by atoms with Crippen LogP contribution < -0.4 is 9.36 Å². The number of aromatic nitrogens is 6. The molecular weight excluding hydrogens is 673 g/mol. The first-order valence-electron chi connectivity index (χ1n) is 20.8. The molecule has 0 spiro atoms. The number of hydrogen-bond acceptors (Lipinski definition) is 2. The second-order valence-corrected chi connectivity index (χ2v) is 16.7. The van der Waals surface area contributed by atoms with Crippen molar-refractivity contribution in [3.05, 3.63) is 118 Å². The molecule has 0 N–H and O–H groups in total. The molecule has 0 atom stereocenters. The van der Waals surface area contributed by atoms with Gasteiger partial charge in [0.05, 0.1) is 10.4 Å². The van der Waals surface area contributed by atoms with Crippen molar-refractivity contribution in [2.45, 2.75) is 125 Å². The Labute approximate surface area is 329 Å². The topological polar surface area (TPSA) is 43.4 Å². The van der Waals surface area contributed by atoms with Gasteiger partial charge >= 0.3 is 0 Å². The maximum atomic E-state index is 5.03. The largest absolute Gasteiger partial charge is 0.197 e. The zero-order valence-electron chi connectivity index (χ0n) is 35.2. The minimum atomic E-state index is -0.0600. The maximum absolute atomic E-state index is 5.03. The zero-order chi connectivity index (χ0) is 39.0. The van der Waals surface area contributed by atoms with E-state index in [1.165, 1.54) is 130 Å². The van der Waals surface area contributed by atoms with Crippen LogP contribution in [0.15, 0.2) is 73.1 Å².